The standard InChI is InChI=1S/C19H24F2N2OS/c20-17(21)24-16-3-1-15(2-4-16)23-18(25)22-11-19-8-12-5-13(9-19)7-14(6-12)10-19/h1-4,12-14,17H,5-11H2,(H2,22,23,25). The van der Waals surface area contributed by atoms with E-state index in [4.69, 9.17) is 12.2 Å². The zero-order valence-electron chi connectivity index (χ0n) is 14.1. The van der Waals surface area contributed by atoms with Crippen LogP contribution in [0.1, 0.15) is 38.5 Å². The number of ether oxygens (including phenoxy) is 1. The first-order chi connectivity index (χ1) is 12.0. The fraction of sp³-hybridized carbons (Fsp3) is 0.632. The molecule has 4 bridgehead atoms. The number of nitrogens with one attached hydrogen (secondary N) is 2. The molecule has 6 heteroatoms. The molecule has 3 nitrogen and oxygen atoms in total. The molecule has 5 rings (SSSR count). The fourth-order valence-corrected chi connectivity index (χ4v) is 5.86. The summed E-state index contributed by atoms with van der Waals surface area (Å²) in [6.45, 7) is -1.86. The molecular weight excluding hydrogens is 342 g/mol. The van der Waals surface area contributed by atoms with E-state index in [1.165, 1.54) is 50.7 Å². The molecule has 0 radical (unpaired) electrons. The van der Waals surface area contributed by atoms with E-state index >= 15 is 0 Å². The smallest absolute Gasteiger partial charge is 0.387 e. The van der Waals surface area contributed by atoms with Gasteiger partial charge in [-0.3, -0.25) is 0 Å². The molecule has 0 aromatic heterocycles. The Morgan fingerprint density at radius 2 is 1.64 bits per heavy atom. The van der Waals surface area contributed by atoms with Gasteiger partial charge in [0.1, 0.15) is 5.75 Å². The van der Waals surface area contributed by atoms with E-state index in [1.54, 1.807) is 12.1 Å². The summed E-state index contributed by atoms with van der Waals surface area (Å²) in [4.78, 5) is 0. The Labute approximate surface area is 152 Å². The molecule has 0 atom stereocenters. The van der Waals surface area contributed by atoms with Crippen LogP contribution in [-0.4, -0.2) is 18.3 Å². The van der Waals surface area contributed by atoms with E-state index in [0.717, 1.165) is 30.0 Å². The minimum absolute atomic E-state index is 0.146. The minimum atomic E-state index is -2.80. The lowest BCUT2D eigenvalue weighted by Gasteiger charge is -2.57. The van der Waals surface area contributed by atoms with Crippen molar-refractivity contribution in [2.24, 2.45) is 23.2 Å². The van der Waals surface area contributed by atoms with Crippen molar-refractivity contribution in [3.8, 4) is 5.75 Å². The first-order valence-corrected chi connectivity index (χ1v) is 9.50. The van der Waals surface area contributed by atoms with Crippen LogP contribution in [-0.2, 0) is 0 Å². The van der Waals surface area contributed by atoms with Gasteiger partial charge in [0.05, 0.1) is 0 Å². The number of anilines is 1. The highest BCUT2D eigenvalue weighted by Crippen LogP contribution is 2.59. The number of halogens is 2. The summed E-state index contributed by atoms with van der Waals surface area (Å²) in [6.07, 6.45) is 8.34. The van der Waals surface area contributed by atoms with Gasteiger partial charge in [-0.05, 0) is 98.2 Å². The number of hydrogen-bond donors (Lipinski definition) is 2. The number of benzene rings is 1. The Bertz CT molecular complexity index is 600. The Kier molecular flexibility index (Phi) is 4.56. The first kappa shape index (κ1) is 17.0. The van der Waals surface area contributed by atoms with Crippen LogP contribution in [0.2, 0.25) is 0 Å². The Morgan fingerprint density at radius 3 is 2.16 bits per heavy atom. The second kappa shape index (κ2) is 6.71. The molecule has 0 spiro atoms. The van der Waals surface area contributed by atoms with Crippen molar-refractivity contribution >= 4 is 23.0 Å². The van der Waals surface area contributed by atoms with Crippen LogP contribution >= 0.6 is 12.2 Å². The lowest BCUT2D eigenvalue weighted by Crippen LogP contribution is -2.51. The van der Waals surface area contributed by atoms with Gasteiger partial charge in [-0.25, -0.2) is 0 Å². The van der Waals surface area contributed by atoms with Crippen molar-refractivity contribution in [2.75, 3.05) is 11.9 Å². The predicted octanol–water partition coefficient (Wildman–Crippen LogP) is 4.79. The average molecular weight is 366 g/mol. The van der Waals surface area contributed by atoms with E-state index in [2.05, 4.69) is 15.4 Å². The second-order valence-electron chi connectivity index (χ2n) is 8.13. The van der Waals surface area contributed by atoms with Crippen molar-refractivity contribution in [1.29, 1.82) is 0 Å². The zero-order chi connectivity index (χ0) is 17.4. The maximum absolute atomic E-state index is 12.2. The van der Waals surface area contributed by atoms with Crippen LogP contribution in [0.25, 0.3) is 0 Å². The molecule has 1 aromatic carbocycles. The van der Waals surface area contributed by atoms with Gasteiger partial charge in [-0.15, -0.1) is 0 Å². The highest BCUT2D eigenvalue weighted by molar-refractivity contribution is 7.80. The Balaban J connectivity index is 1.29. The highest BCUT2D eigenvalue weighted by atomic mass is 32.1. The SMILES string of the molecule is FC(F)Oc1ccc(NC(=S)NCC23CC4CC(CC(C4)C2)C3)cc1. The van der Waals surface area contributed by atoms with E-state index in [9.17, 15) is 8.78 Å². The molecule has 0 amide bonds. The van der Waals surface area contributed by atoms with Gasteiger partial charge < -0.3 is 15.4 Å². The number of thiocarbonyl (C=S) groups is 1. The molecule has 136 valence electrons. The van der Waals surface area contributed by atoms with E-state index in [0.29, 0.717) is 10.5 Å². The molecule has 4 aliphatic carbocycles. The third-order valence-electron chi connectivity index (χ3n) is 6.13. The van der Waals surface area contributed by atoms with Crippen molar-refractivity contribution in [2.45, 2.75) is 45.1 Å². The Hall–Kier alpha value is -1.43. The summed E-state index contributed by atoms with van der Waals surface area (Å²) in [5.74, 6) is 2.93. The van der Waals surface area contributed by atoms with Crippen LogP contribution in [0.5, 0.6) is 5.75 Å². The van der Waals surface area contributed by atoms with Gasteiger partial charge >= 0.3 is 6.61 Å². The predicted molar refractivity (Wildman–Crippen MR) is 97.9 cm³/mol. The van der Waals surface area contributed by atoms with Crippen molar-refractivity contribution < 1.29 is 13.5 Å². The third kappa shape index (κ3) is 3.89. The molecule has 2 N–H and O–H groups in total. The van der Waals surface area contributed by atoms with Crippen LogP contribution in [0.3, 0.4) is 0 Å². The lowest BCUT2D eigenvalue weighted by atomic mass is 9.49. The molecule has 0 heterocycles. The molecule has 0 saturated heterocycles. The zero-order valence-corrected chi connectivity index (χ0v) is 15.0. The van der Waals surface area contributed by atoms with Gasteiger partial charge in [0, 0.05) is 12.2 Å². The summed E-state index contributed by atoms with van der Waals surface area (Å²) in [6, 6.07) is 6.40. The summed E-state index contributed by atoms with van der Waals surface area (Å²) in [5.41, 5.74) is 1.19. The number of rotatable bonds is 5. The second-order valence-corrected chi connectivity index (χ2v) is 8.54. The molecular formula is C19H24F2N2OS. The summed E-state index contributed by atoms with van der Waals surface area (Å²) in [7, 11) is 0. The van der Waals surface area contributed by atoms with Crippen LogP contribution in [0.15, 0.2) is 24.3 Å². The Morgan fingerprint density at radius 1 is 1.08 bits per heavy atom. The third-order valence-corrected chi connectivity index (χ3v) is 6.37. The van der Waals surface area contributed by atoms with Gasteiger partial charge in [-0.1, -0.05) is 0 Å². The van der Waals surface area contributed by atoms with Crippen molar-refractivity contribution in [3.63, 3.8) is 0 Å². The summed E-state index contributed by atoms with van der Waals surface area (Å²) < 4.78 is 28.7. The van der Waals surface area contributed by atoms with Gasteiger partial charge in [0.25, 0.3) is 0 Å². The molecule has 1 aromatic rings. The maximum atomic E-state index is 12.2. The molecule has 4 aliphatic rings. The first-order valence-electron chi connectivity index (χ1n) is 9.09. The number of alkyl halides is 2. The minimum Gasteiger partial charge on any atom is -0.435 e. The van der Waals surface area contributed by atoms with Crippen LogP contribution < -0.4 is 15.4 Å². The topological polar surface area (TPSA) is 33.3 Å². The molecule has 0 aliphatic heterocycles. The van der Waals surface area contributed by atoms with Gasteiger partial charge in [0.15, 0.2) is 5.11 Å². The van der Waals surface area contributed by atoms with Crippen molar-refractivity contribution in [1.82, 2.24) is 5.32 Å². The molecule has 4 fully saturated rings. The van der Waals surface area contributed by atoms with Gasteiger partial charge in [-0.2, -0.15) is 8.78 Å². The van der Waals surface area contributed by atoms with Gasteiger partial charge in [0.2, 0.25) is 0 Å². The van der Waals surface area contributed by atoms with Crippen LogP contribution in [0.4, 0.5) is 14.5 Å². The lowest BCUT2D eigenvalue weighted by molar-refractivity contribution is -0.0499. The summed E-state index contributed by atoms with van der Waals surface area (Å²) >= 11 is 5.42. The normalized spacial score (nSPS) is 32.7. The monoisotopic (exact) mass is 366 g/mol. The fourth-order valence-electron chi connectivity index (χ4n) is 5.67. The maximum Gasteiger partial charge on any atom is 0.387 e. The average Bonchev–Trinajstić information content (AvgIpc) is 2.53. The number of hydrogen-bond acceptors (Lipinski definition) is 2. The van der Waals surface area contributed by atoms with Crippen molar-refractivity contribution in [3.05, 3.63) is 24.3 Å². The van der Waals surface area contributed by atoms with E-state index in [-0.39, 0.29) is 5.75 Å². The highest BCUT2D eigenvalue weighted by Gasteiger charge is 2.50. The quantitative estimate of drug-likeness (QED) is 0.734. The van der Waals surface area contributed by atoms with E-state index in [1.807, 2.05) is 0 Å². The largest absolute Gasteiger partial charge is 0.435 e. The molecule has 4 saturated carbocycles. The van der Waals surface area contributed by atoms with E-state index < -0.39 is 6.61 Å². The molecule has 25 heavy (non-hydrogen) atoms. The summed E-state index contributed by atoms with van der Waals surface area (Å²) in [5, 5.41) is 7.13. The van der Waals surface area contributed by atoms with Crippen LogP contribution in [0, 0.1) is 23.2 Å². The molecule has 0 unspecified atom stereocenters.